The zero-order chi connectivity index (χ0) is 21.0. The first kappa shape index (κ1) is 20.8. The van der Waals surface area contributed by atoms with E-state index in [2.05, 4.69) is 50.0 Å². The number of hydrogen-bond acceptors (Lipinski definition) is 5. The lowest BCUT2D eigenvalue weighted by atomic mass is 9.76. The number of nitrogens with zero attached hydrogens (tertiary/aromatic N) is 2. The molecule has 2 heterocycles. The van der Waals surface area contributed by atoms with Crippen LogP contribution in [0.2, 0.25) is 0 Å². The second-order valence-electron chi connectivity index (χ2n) is 8.66. The molecule has 1 aromatic rings. The highest BCUT2D eigenvalue weighted by Crippen LogP contribution is 2.34. The minimum Gasteiger partial charge on any atom is -0.355 e. The number of imide groups is 1. The van der Waals surface area contributed by atoms with Gasteiger partial charge in [-0.15, -0.1) is 0 Å². The van der Waals surface area contributed by atoms with Gasteiger partial charge in [0.15, 0.2) is 0 Å². The summed E-state index contributed by atoms with van der Waals surface area (Å²) in [4.78, 5) is 40.8. The lowest BCUT2D eigenvalue weighted by Crippen LogP contribution is -2.51. The van der Waals surface area contributed by atoms with E-state index in [1.54, 1.807) is 0 Å². The molecule has 3 N–H and O–H groups in total. The Labute approximate surface area is 177 Å². The number of urea groups is 1. The summed E-state index contributed by atoms with van der Waals surface area (Å²) in [7, 11) is 0. The third-order valence-corrected chi connectivity index (χ3v) is 6.67. The minimum atomic E-state index is -0.798. The molecule has 162 valence electrons. The first-order valence-electron chi connectivity index (χ1n) is 10.9. The maximum absolute atomic E-state index is 12.5. The molecule has 1 aromatic carbocycles. The molecule has 4 rings (SSSR count). The van der Waals surface area contributed by atoms with Crippen LogP contribution in [0.25, 0.3) is 0 Å². The van der Waals surface area contributed by atoms with Gasteiger partial charge in [-0.25, -0.2) is 4.79 Å². The highest BCUT2D eigenvalue weighted by atomic mass is 16.2. The summed E-state index contributed by atoms with van der Waals surface area (Å²) >= 11 is 0. The fourth-order valence-corrected chi connectivity index (χ4v) is 4.75. The van der Waals surface area contributed by atoms with E-state index >= 15 is 0 Å². The maximum Gasteiger partial charge on any atom is 0.322 e. The van der Waals surface area contributed by atoms with Crippen molar-refractivity contribution >= 4 is 17.8 Å². The molecule has 3 fully saturated rings. The molecule has 8 heteroatoms. The van der Waals surface area contributed by atoms with Crippen LogP contribution >= 0.6 is 0 Å². The molecule has 2 saturated heterocycles. The van der Waals surface area contributed by atoms with Gasteiger partial charge < -0.3 is 10.6 Å². The van der Waals surface area contributed by atoms with Crippen molar-refractivity contribution in [1.82, 2.24) is 25.8 Å². The number of amides is 4. The Balaban J connectivity index is 1.12. The molecule has 3 aliphatic rings. The van der Waals surface area contributed by atoms with E-state index in [1.807, 2.05) is 6.07 Å². The molecule has 2 aliphatic heterocycles. The number of rotatable bonds is 6. The van der Waals surface area contributed by atoms with Crippen molar-refractivity contribution in [2.45, 2.75) is 37.8 Å². The summed E-state index contributed by atoms with van der Waals surface area (Å²) in [6, 6.07) is 10.1. The van der Waals surface area contributed by atoms with Crippen molar-refractivity contribution < 1.29 is 14.4 Å². The molecule has 0 bridgehead atoms. The Morgan fingerprint density at radius 1 is 1.03 bits per heavy atom. The summed E-state index contributed by atoms with van der Waals surface area (Å²) in [6.45, 7) is 6.62. The van der Waals surface area contributed by atoms with Crippen molar-refractivity contribution in [3.05, 3.63) is 35.9 Å². The molecular weight excluding hydrogens is 382 g/mol. The van der Waals surface area contributed by atoms with Crippen molar-refractivity contribution in [1.29, 1.82) is 0 Å². The van der Waals surface area contributed by atoms with E-state index in [0.29, 0.717) is 32.2 Å². The normalized spacial score (nSPS) is 27.7. The Kier molecular flexibility index (Phi) is 6.34. The van der Waals surface area contributed by atoms with Crippen molar-refractivity contribution in [3.63, 3.8) is 0 Å². The van der Waals surface area contributed by atoms with Crippen LogP contribution in [0.15, 0.2) is 30.3 Å². The summed E-state index contributed by atoms with van der Waals surface area (Å²) in [6.07, 6.45) is 2.29. The van der Waals surface area contributed by atoms with Gasteiger partial charge in [0, 0.05) is 51.7 Å². The topological polar surface area (TPSA) is 93.8 Å². The number of piperazine rings is 1. The van der Waals surface area contributed by atoms with Crippen LogP contribution in [0, 0.1) is 5.92 Å². The minimum absolute atomic E-state index is 0.0669. The van der Waals surface area contributed by atoms with Gasteiger partial charge >= 0.3 is 6.03 Å². The number of hydrogen-bond donors (Lipinski definition) is 3. The van der Waals surface area contributed by atoms with Crippen LogP contribution < -0.4 is 16.0 Å². The van der Waals surface area contributed by atoms with Crippen molar-refractivity contribution in [3.8, 4) is 0 Å². The SMILES string of the molecule is O=C1NC(=O)C2(CCC(C(=O)NCCN3CCN(Cc4ccccc4)CC3)CC2)N1. The van der Waals surface area contributed by atoms with Crippen molar-refractivity contribution in [2.24, 2.45) is 5.92 Å². The van der Waals surface area contributed by atoms with Gasteiger partial charge in [-0.05, 0) is 31.2 Å². The lowest BCUT2D eigenvalue weighted by molar-refractivity contribution is -0.130. The summed E-state index contributed by atoms with van der Waals surface area (Å²) in [5.74, 6) is -0.265. The molecule has 0 aromatic heterocycles. The molecule has 0 unspecified atom stereocenters. The zero-order valence-electron chi connectivity index (χ0n) is 17.4. The number of nitrogens with one attached hydrogen (secondary N) is 3. The fourth-order valence-electron chi connectivity index (χ4n) is 4.75. The van der Waals surface area contributed by atoms with Gasteiger partial charge in [-0.2, -0.15) is 0 Å². The van der Waals surface area contributed by atoms with E-state index in [1.165, 1.54) is 5.56 Å². The monoisotopic (exact) mass is 413 g/mol. The highest BCUT2D eigenvalue weighted by molar-refractivity contribution is 6.07. The lowest BCUT2D eigenvalue weighted by Gasteiger charge is -2.35. The zero-order valence-corrected chi connectivity index (χ0v) is 17.4. The van der Waals surface area contributed by atoms with Gasteiger partial charge in [-0.3, -0.25) is 24.7 Å². The molecule has 8 nitrogen and oxygen atoms in total. The van der Waals surface area contributed by atoms with E-state index < -0.39 is 11.6 Å². The van der Waals surface area contributed by atoms with Gasteiger partial charge in [0.1, 0.15) is 5.54 Å². The van der Waals surface area contributed by atoms with E-state index in [4.69, 9.17) is 0 Å². The molecule has 1 aliphatic carbocycles. The van der Waals surface area contributed by atoms with Crippen LogP contribution in [0.5, 0.6) is 0 Å². The average Bonchev–Trinajstić information content (AvgIpc) is 3.03. The number of carbonyl (C=O) groups is 3. The molecule has 30 heavy (non-hydrogen) atoms. The predicted molar refractivity (Wildman–Crippen MR) is 113 cm³/mol. The number of benzene rings is 1. The first-order chi connectivity index (χ1) is 14.5. The Morgan fingerprint density at radius 3 is 2.33 bits per heavy atom. The summed E-state index contributed by atoms with van der Waals surface area (Å²) in [5.41, 5.74) is 0.551. The Morgan fingerprint density at radius 2 is 1.70 bits per heavy atom. The smallest absolute Gasteiger partial charge is 0.322 e. The van der Waals surface area contributed by atoms with Crippen molar-refractivity contribution in [2.75, 3.05) is 39.3 Å². The van der Waals surface area contributed by atoms with Gasteiger partial charge in [0.2, 0.25) is 5.91 Å². The quantitative estimate of drug-likeness (QED) is 0.597. The molecular formula is C22H31N5O3. The second-order valence-corrected chi connectivity index (χ2v) is 8.66. The highest BCUT2D eigenvalue weighted by Gasteiger charge is 2.48. The van der Waals surface area contributed by atoms with Crippen LogP contribution in [0.3, 0.4) is 0 Å². The average molecular weight is 414 g/mol. The first-order valence-corrected chi connectivity index (χ1v) is 10.9. The molecule has 4 amide bonds. The van der Waals surface area contributed by atoms with E-state index in [9.17, 15) is 14.4 Å². The number of carbonyl (C=O) groups excluding carboxylic acids is 3. The Bertz CT molecular complexity index is 768. The van der Waals surface area contributed by atoms with Crippen LogP contribution in [-0.4, -0.2) is 72.5 Å². The third-order valence-electron chi connectivity index (χ3n) is 6.67. The maximum atomic E-state index is 12.5. The fraction of sp³-hybridized carbons (Fsp3) is 0.591. The summed E-state index contributed by atoms with van der Waals surface area (Å²) in [5, 5.41) is 8.12. The molecule has 0 atom stereocenters. The standard InChI is InChI=1S/C22H31N5O3/c28-19(18-6-8-22(9-7-18)20(29)24-21(30)25-22)23-10-11-26-12-14-27(15-13-26)16-17-4-2-1-3-5-17/h1-5,18H,6-16H2,(H,23,28)(H2,24,25,29,30). The van der Waals surface area contributed by atoms with Crippen LogP contribution in [0.4, 0.5) is 4.79 Å². The predicted octanol–water partition coefficient (Wildman–Crippen LogP) is 0.689. The van der Waals surface area contributed by atoms with Gasteiger partial charge in [0.05, 0.1) is 0 Å². The van der Waals surface area contributed by atoms with E-state index in [0.717, 1.165) is 39.3 Å². The summed E-state index contributed by atoms with van der Waals surface area (Å²) < 4.78 is 0. The van der Waals surface area contributed by atoms with E-state index in [-0.39, 0.29) is 17.7 Å². The largest absolute Gasteiger partial charge is 0.355 e. The van der Waals surface area contributed by atoms with Crippen LogP contribution in [0.1, 0.15) is 31.2 Å². The second kappa shape index (κ2) is 9.14. The third kappa shape index (κ3) is 4.82. The Hall–Kier alpha value is -2.45. The molecule has 1 saturated carbocycles. The van der Waals surface area contributed by atoms with Gasteiger partial charge in [-0.1, -0.05) is 30.3 Å². The van der Waals surface area contributed by atoms with Gasteiger partial charge in [0.25, 0.3) is 5.91 Å². The molecule has 1 spiro atoms. The molecule has 0 radical (unpaired) electrons. The van der Waals surface area contributed by atoms with Crippen LogP contribution in [-0.2, 0) is 16.1 Å².